The molecule has 0 fully saturated rings. The lowest BCUT2D eigenvalue weighted by Gasteiger charge is -2.11. The number of aliphatic hydroxyl groups excluding tert-OH is 2. The molecule has 0 amide bonds. The number of nitrogens with zero attached hydrogens (tertiary/aromatic N) is 8. The van der Waals surface area contributed by atoms with Crippen LogP contribution >= 0.6 is 12.0 Å². The average molecular weight is 634 g/mol. The summed E-state index contributed by atoms with van der Waals surface area (Å²) in [5.74, 6) is 0.179. The number of hydrogen-bond donors (Lipinski definition) is 9. The van der Waals surface area contributed by atoms with E-state index in [1.165, 1.54) is 12.3 Å². The molecule has 3 rings (SSSR count). The summed E-state index contributed by atoms with van der Waals surface area (Å²) in [5.41, 5.74) is 0. The molecule has 0 radical (unpaired) electrons. The highest BCUT2D eigenvalue weighted by atomic mass is 32.2. The maximum Gasteiger partial charge on any atom is 0.331 e. The van der Waals surface area contributed by atoms with Gasteiger partial charge >= 0.3 is 12.0 Å². The van der Waals surface area contributed by atoms with Gasteiger partial charge in [0.05, 0.1) is 19.0 Å². The van der Waals surface area contributed by atoms with Crippen LogP contribution in [0.5, 0.6) is 12.0 Å². The molecule has 0 atom stereocenters. The molecular formula is C18H27N13O9S2. The van der Waals surface area contributed by atoms with E-state index in [0.29, 0.717) is 12.3 Å². The SMILES string of the molecule is O=S(=O)(O)CCNc1nc(NCCO)nc(Nc2ccnc(Oc3nc(NCCO)nc(NCCSOOO)n3)n2)n1. The van der Waals surface area contributed by atoms with E-state index in [-0.39, 0.29) is 80.4 Å². The van der Waals surface area contributed by atoms with Crippen molar-refractivity contribution in [2.75, 3.05) is 77.5 Å². The van der Waals surface area contributed by atoms with Crippen LogP contribution in [0.1, 0.15) is 0 Å². The van der Waals surface area contributed by atoms with Crippen molar-refractivity contribution < 1.29 is 42.5 Å². The molecule has 0 aromatic carbocycles. The first-order chi connectivity index (χ1) is 20.3. The predicted molar refractivity (Wildman–Crippen MR) is 147 cm³/mol. The highest BCUT2D eigenvalue weighted by molar-refractivity contribution is 7.94. The van der Waals surface area contributed by atoms with E-state index in [2.05, 4.69) is 75.8 Å². The van der Waals surface area contributed by atoms with Gasteiger partial charge in [-0.25, -0.2) is 10.2 Å². The third-order valence-corrected chi connectivity index (χ3v) is 5.53. The Morgan fingerprint density at radius 3 is 1.93 bits per heavy atom. The molecule has 0 unspecified atom stereocenters. The second kappa shape index (κ2) is 17.0. The Morgan fingerprint density at radius 2 is 1.33 bits per heavy atom. The number of aromatic nitrogens is 8. The summed E-state index contributed by atoms with van der Waals surface area (Å²) < 4.78 is 40.9. The van der Waals surface area contributed by atoms with Crippen LogP contribution in [0.15, 0.2) is 12.3 Å². The second-order valence-corrected chi connectivity index (χ2v) is 9.78. The van der Waals surface area contributed by atoms with Gasteiger partial charge in [0.2, 0.25) is 29.7 Å². The van der Waals surface area contributed by atoms with E-state index < -0.39 is 15.9 Å². The summed E-state index contributed by atoms with van der Waals surface area (Å²) in [5, 5.41) is 43.9. The molecule has 0 bridgehead atoms. The summed E-state index contributed by atoms with van der Waals surface area (Å²) in [6.45, 7) is 0.0212. The quantitative estimate of drug-likeness (QED) is 0.0236. The van der Waals surface area contributed by atoms with Gasteiger partial charge in [-0.05, 0) is 6.07 Å². The fourth-order valence-electron chi connectivity index (χ4n) is 2.69. The van der Waals surface area contributed by atoms with Gasteiger partial charge in [-0.1, -0.05) is 5.04 Å². The van der Waals surface area contributed by atoms with Crippen LogP contribution in [-0.2, 0) is 19.5 Å². The maximum atomic E-state index is 11.0. The smallest absolute Gasteiger partial charge is 0.331 e. The molecule has 0 spiro atoms. The van der Waals surface area contributed by atoms with E-state index in [4.69, 9.17) is 24.8 Å². The van der Waals surface area contributed by atoms with Gasteiger partial charge < -0.3 is 41.5 Å². The van der Waals surface area contributed by atoms with Gasteiger partial charge in [0, 0.05) is 50.2 Å². The van der Waals surface area contributed by atoms with Gasteiger partial charge in [-0.15, -0.1) is 4.33 Å². The molecule has 3 heterocycles. The standard InChI is InChI=1S/C18H27N13O9S2/c32-7-3-19-12-26-13(22-6-10-42(35,36)37)29-16(28-12)24-11-1-2-23-17(25-11)38-18-30-14(20-4-8-33)27-15(31-18)21-5-9-41-40-39-34/h1-2,32-34H,3-10H2,(H,35,36,37)(H2,20,21,27,30,31)(H3,19,22,23,24,25,26,28,29). The molecule has 230 valence electrons. The van der Waals surface area contributed by atoms with Crippen LogP contribution in [0.3, 0.4) is 0 Å². The van der Waals surface area contributed by atoms with Crippen molar-refractivity contribution in [1.82, 2.24) is 39.9 Å². The fourth-order valence-corrected chi connectivity index (χ4v) is 3.35. The molecule has 0 saturated heterocycles. The Kier molecular flexibility index (Phi) is 13.2. The highest BCUT2D eigenvalue weighted by Gasteiger charge is 2.13. The molecule has 24 heteroatoms. The largest absolute Gasteiger partial charge is 0.395 e. The topological polar surface area (TPSA) is 306 Å². The molecule has 0 aliphatic carbocycles. The van der Waals surface area contributed by atoms with Crippen molar-refractivity contribution in [2.24, 2.45) is 0 Å². The zero-order chi connectivity index (χ0) is 30.2. The Morgan fingerprint density at radius 1 is 0.762 bits per heavy atom. The Balaban J connectivity index is 1.75. The minimum atomic E-state index is -4.21. The first-order valence-corrected chi connectivity index (χ1v) is 14.3. The zero-order valence-corrected chi connectivity index (χ0v) is 23.2. The van der Waals surface area contributed by atoms with Crippen molar-refractivity contribution in [2.45, 2.75) is 0 Å². The van der Waals surface area contributed by atoms with E-state index in [1.807, 2.05) is 0 Å². The van der Waals surface area contributed by atoms with Crippen molar-refractivity contribution in [3.05, 3.63) is 12.3 Å². The van der Waals surface area contributed by atoms with Crippen molar-refractivity contribution in [3.63, 3.8) is 0 Å². The number of ether oxygens (including phenoxy) is 1. The molecule has 22 nitrogen and oxygen atoms in total. The summed E-state index contributed by atoms with van der Waals surface area (Å²) in [7, 11) is -4.21. The third kappa shape index (κ3) is 12.2. The van der Waals surface area contributed by atoms with E-state index in [1.54, 1.807) is 0 Å². The number of aliphatic hydroxyl groups is 2. The van der Waals surface area contributed by atoms with Crippen molar-refractivity contribution in [1.29, 1.82) is 0 Å². The first-order valence-electron chi connectivity index (χ1n) is 11.8. The molecule has 42 heavy (non-hydrogen) atoms. The minimum Gasteiger partial charge on any atom is -0.395 e. The van der Waals surface area contributed by atoms with E-state index in [9.17, 15) is 8.42 Å². The normalized spacial score (nSPS) is 11.1. The van der Waals surface area contributed by atoms with Crippen LogP contribution in [0.25, 0.3) is 0 Å². The number of hydrogen-bond acceptors (Lipinski definition) is 22. The van der Waals surface area contributed by atoms with Gasteiger partial charge in [0.15, 0.2) is 0 Å². The average Bonchev–Trinajstić information content (AvgIpc) is 2.94. The first kappa shape index (κ1) is 32.5. The van der Waals surface area contributed by atoms with Crippen LogP contribution in [-0.4, -0.2) is 119 Å². The van der Waals surface area contributed by atoms with Crippen molar-refractivity contribution in [3.8, 4) is 12.0 Å². The summed E-state index contributed by atoms with van der Waals surface area (Å²) in [6, 6.07) is 1.12. The summed E-state index contributed by atoms with van der Waals surface area (Å²) in [4.78, 5) is 33.1. The minimum absolute atomic E-state index is 0.0139. The van der Waals surface area contributed by atoms with E-state index >= 15 is 0 Å². The predicted octanol–water partition coefficient (Wildman–Crippen LogP) is -1.03. The van der Waals surface area contributed by atoms with Gasteiger partial charge in [0.1, 0.15) is 5.82 Å². The monoisotopic (exact) mass is 633 g/mol. The van der Waals surface area contributed by atoms with Crippen LogP contribution < -0.4 is 31.3 Å². The summed E-state index contributed by atoms with van der Waals surface area (Å²) in [6.07, 6.45) is 1.37. The number of nitrogens with one attached hydrogen (secondary N) is 5. The highest BCUT2D eigenvalue weighted by Crippen LogP contribution is 2.20. The lowest BCUT2D eigenvalue weighted by atomic mass is 10.6. The van der Waals surface area contributed by atoms with Crippen LogP contribution in [0.2, 0.25) is 0 Å². The van der Waals surface area contributed by atoms with Gasteiger partial charge in [-0.2, -0.15) is 43.3 Å². The molecule has 3 aromatic rings. The van der Waals surface area contributed by atoms with Gasteiger partial charge in [0.25, 0.3) is 10.1 Å². The molecule has 0 aliphatic rings. The Bertz CT molecular complexity index is 1380. The van der Waals surface area contributed by atoms with Crippen LogP contribution in [0, 0.1) is 0 Å². The summed E-state index contributed by atoms with van der Waals surface area (Å²) >= 11 is 0.830. The molecule has 3 aromatic heterocycles. The molecule has 9 N–H and O–H groups in total. The molecule has 0 saturated carbocycles. The Labute approximate surface area is 242 Å². The number of anilines is 6. The Hall–Kier alpha value is -4.04. The molecule has 0 aliphatic heterocycles. The zero-order valence-electron chi connectivity index (χ0n) is 21.5. The van der Waals surface area contributed by atoms with Crippen LogP contribution in [0.4, 0.5) is 35.6 Å². The van der Waals surface area contributed by atoms with Gasteiger partial charge in [-0.3, -0.25) is 4.55 Å². The number of rotatable bonds is 20. The van der Waals surface area contributed by atoms with Crippen molar-refractivity contribution >= 4 is 57.7 Å². The maximum absolute atomic E-state index is 11.0. The third-order valence-electron chi connectivity index (χ3n) is 4.29. The second-order valence-electron chi connectivity index (χ2n) is 7.43. The lowest BCUT2D eigenvalue weighted by Crippen LogP contribution is -2.18. The molecular weight excluding hydrogens is 606 g/mol. The lowest BCUT2D eigenvalue weighted by molar-refractivity contribution is -0.432. The fraction of sp³-hybridized carbons (Fsp3) is 0.444. The van der Waals surface area contributed by atoms with E-state index in [0.717, 1.165) is 12.0 Å².